The first-order valence-electron chi connectivity index (χ1n) is 9.05. The molecule has 2 rings (SSSR count). The summed E-state index contributed by atoms with van der Waals surface area (Å²) in [7, 11) is 0. The molecular formula is C18H33IN4O2. The molecule has 0 spiro atoms. The van der Waals surface area contributed by atoms with E-state index in [4.69, 9.17) is 4.42 Å². The number of hydrogen-bond donors (Lipinski definition) is 3. The number of guanidine groups is 1. The maximum Gasteiger partial charge on any atom is 0.191 e. The monoisotopic (exact) mass is 464 g/mol. The van der Waals surface area contributed by atoms with E-state index in [2.05, 4.69) is 27.4 Å². The maximum atomic E-state index is 10.5. The average Bonchev–Trinajstić information content (AvgIpc) is 3.10. The minimum atomic E-state index is -1.10. The van der Waals surface area contributed by atoms with Crippen LogP contribution in [-0.2, 0) is 5.60 Å². The Morgan fingerprint density at radius 2 is 2.24 bits per heavy atom. The van der Waals surface area contributed by atoms with Crippen molar-refractivity contribution >= 4 is 29.9 Å². The van der Waals surface area contributed by atoms with Crippen LogP contribution in [-0.4, -0.2) is 54.7 Å². The first-order valence-corrected chi connectivity index (χ1v) is 9.05. The molecule has 2 unspecified atom stereocenters. The van der Waals surface area contributed by atoms with Gasteiger partial charge in [0.15, 0.2) is 5.96 Å². The highest BCUT2D eigenvalue weighted by Gasteiger charge is 2.26. The van der Waals surface area contributed by atoms with Gasteiger partial charge < -0.3 is 20.2 Å². The van der Waals surface area contributed by atoms with E-state index in [-0.39, 0.29) is 30.5 Å². The molecule has 0 saturated carbocycles. The van der Waals surface area contributed by atoms with Gasteiger partial charge in [-0.3, -0.25) is 4.90 Å². The molecule has 1 aromatic rings. The Balaban J connectivity index is 0.00000312. The number of hydrogen-bond acceptors (Lipinski definition) is 4. The van der Waals surface area contributed by atoms with Gasteiger partial charge in [-0.15, -0.1) is 24.0 Å². The minimum Gasteiger partial charge on any atom is -0.466 e. The van der Waals surface area contributed by atoms with Crippen molar-refractivity contribution in [2.75, 3.05) is 32.7 Å². The Labute approximate surface area is 168 Å². The van der Waals surface area contributed by atoms with Gasteiger partial charge in [-0.1, -0.05) is 6.42 Å². The minimum absolute atomic E-state index is 0. The molecule has 1 aliphatic heterocycles. The third kappa shape index (κ3) is 7.15. The summed E-state index contributed by atoms with van der Waals surface area (Å²) in [5.41, 5.74) is -1.10. The van der Waals surface area contributed by atoms with E-state index in [0.717, 1.165) is 25.6 Å². The van der Waals surface area contributed by atoms with E-state index in [9.17, 15) is 5.11 Å². The molecule has 1 saturated heterocycles. The van der Waals surface area contributed by atoms with Gasteiger partial charge in [0.1, 0.15) is 11.4 Å². The summed E-state index contributed by atoms with van der Waals surface area (Å²) in [5, 5.41) is 17.1. The Hall–Kier alpha value is -0.800. The lowest BCUT2D eigenvalue weighted by Gasteiger charge is -2.33. The predicted molar refractivity (Wildman–Crippen MR) is 113 cm³/mol. The molecule has 0 bridgehead atoms. The first-order chi connectivity index (χ1) is 11.5. The Kier molecular flexibility index (Phi) is 9.81. The molecule has 144 valence electrons. The maximum absolute atomic E-state index is 10.5. The molecule has 0 amide bonds. The van der Waals surface area contributed by atoms with E-state index in [1.807, 2.05) is 6.92 Å². The molecule has 7 heteroatoms. The second-order valence-electron chi connectivity index (χ2n) is 6.75. The number of aliphatic imine (C=N–C) groups is 1. The van der Waals surface area contributed by atoms with Crippen LogP contribution in [0.5, 0.6) is 0 Å². The zero-order chi connectivity index (χ0) is 17.4. The normalized spacial score (nSPS) is 21.3. The van der Waals surface area contributed by atoms with E-state index < -0.39 is 5.60 Å². The number of aliphatic hydroxyl groups is 1. The van der Waals surface area contributed by atoms with Crippen LogP contribution < -0.4 is 10.6 Å². The lowest BCUT2D eigenvalue weighted by atomic mass is 10.0. The van der Waals surface area contributed by atoms with Crippen molar-refractivity contribution in [1.82, 2.24) is 15.5 Å². The smallest absolute Gasteiger partial charge is 0.191 e. The highest BCUT2D eigenvalue weighted by Crippen LogP contribution is 2.21. The van der Waals surface area contributed by atoms with Crippen LogP contribution in [0.1, 0.15) is 45.8 Å². The van der Waals surface area contributed by atoms with Gasteiger partial charge in [0.25, 0.3) is 0 Å². The van der Waals surface area contributed by atoms with Gasteiger partial charge in [-0.2, -0.15) is 0 Å². The number of likely N-dealkylation sites (tertiary alicyclic amines) is 1. The van der Waals surface area contributed by atoms with Crippen LogP contribution in [0, 0.1) is 0 Å². The predicted octanol–water partition coefficient (Wildman–Crippen LogP) is 2.53. The fourth-order valence-electron chi connectivity index (χ4n) is 3.05. The third-order valence-electron chi connectivity index (χ3n) is 4.57. The largest absolute Gasteiger partial charge is 0.466 e. The van der Waals surface area contributed by atoms with E-state index in [0.29, 0.717) is 11.8 Å². The van der Waals surface area contributed by atoms with Crippen molar-refractivity contribution in [2.45, 2.75) is 51.7 Å². The fourth-order valence-corrected chi connectivity index (χ4v) is 3.05. The summed E-state index contributed by atoms with van der Waals surface area (Å²) >= 11 is 0. The molecule has 2 atom stereocenters. The van der Waals surface area contributed by atoms with Crippen molar-refractivity contribution < 1.29 is 9.52 Å². The first kappa shape index (κ1) is 22.2. The highest BCUT2D eigenvalue weighted by atomic mass is 127. The Morgan fingerprint density at radius 1 is 1.44 bits per heavy atom. The van der Waals surface area contributed by atoms with Crippen LogP contribution in [0.3, 0.4) is 0 Å². The van der Waals surface area contributed by atoms with Crippen LogP contribution in [0.15, 0.2) is 27.8 Å². The number of halogens is 1. The molecule has 3 N–H and O–H groups in total. The number of rotatable bonds is 7. The standard InChI is InChI=1S/C18H32N4O2.HI/c1-4-19-17(20-10-12-22-11-6-5-8-15(22)2)21-14-18(3,23)16-9-7-13-24-16;/h7,9,13,15,23H,4-6,8,10-12,14H2,1-3H3,(H2,19,20,21);1H. The summed E-state index contributed by atoms with van der Waals surface area (Å²) in [5.74, 6) is 1.26. The Bertz CT molecular complexity index is 505. The van der Waals surface area contributed by atoms with Gasteiger partial charge >= 0.3 is 0 Å². The molecule has 2 heterocycles. The van der Waals surface area contributed by atoms with Gasteiger partial charge in [-0.05, 0) is 52.3 Å². The van der Waals surface area contributed by atoms with Gasteiger partial charge in [-0.25, -0.2) is 4.99 Å². The van der Waals surface area contributed by atoms with Crippen molar-refractivity contribution in [1.29, 1.82) is 0 Å². The van der Waals surface area contributed by atoms with Crippen LogP contribution in [0.4, 0.5) is 0 Å². The van der Waals surface area contributed by atoms with Crippen molar-refractivity contribution in [2.24, 2.45) is 4.99 Å². The molecule has 25 heavy (non-hydrogen) atoms. The molecule has 0 radical (unpaired) electrons. The van der Waals surface area contributed by atoms with Crippen LogP contribution >= 0.6 is 24.0 Å². The topological polar surface area (TPSA) is 73.0 Å². The van der Waals surface area contributed by atoms with Crippen LogP contribution in [0.25, 0.3) is 0 Å². The Morgan fingerprint density at radius 3 is 2.88 bits per heavy atom. The third-order valence-corrected chi connectivity index (χ3v) is 4.57. The number of nitrogens with one attached hydrogen (secondary N) is 2. The summed E-state index contributed by atoms with van der Waals surface area (Å²) in [4.78, 5) is 7.04. The lowest BCUT2D eigenvalue weighted by Crippen LogP contribution is -2.45. The zero-order valence-electron chi connectivity index (χ0n) is 15.6. The second kappa shape index (κ2) is 11.0. The quantitative estimate of drug-likeness (QED) is 0.329. The van der Waals surface area contributed by atoms with Crippen LogP contribution in [0.2, 0.25) is 0 Å². The highest BCUT2D eigenvalue weighted by molar-refractivity contribution is 14.0. The summed E-state index contributed by atoms with van der Waals surface area (Å²) in [6.07, 6.45) is 5.50. The molecule has 1 aliphatic rings. The summed E-state index contributed by atoms with van der Waals surface area (Å²) < 4.78 is 5.30. The molecule has 0 aliphatic carbocycles. The number of furan rings is 1. The van der Waals surface area contributed by atoms with E-state index in [1.54, 1.807) is 25.3 Å². The van der Waals surface area contributed by atoms with Gasteiger partial charge in [0.2, 0.25) is 0 Å². The molecule has 1 fully saturated rings. The average molecular weight is 464 g/mol. The second-order valence-corrected chi connectivity index (χ2v) is 6.75. The number of piperidine rings is 1. The van der Waals surface area contributed by atoms with E-state index in [1.165, 1.54) is 25.8 Å². The summed E-state index contributed by atoms with van der Waals surface area (Å²) in [6, 6.07) is 4.21. The summed E-state index contributed by atoms with van der Waals surface area (Å²) in [6.45, 7) is 10.1. The van der Waals surface area contributed by atoms with Crippen molar-refractivity contribution in [3.8, 4) is 0 Å². The molecule has 6 nitrogen and oxygen atoms in total. The molecular weight excluding hydrogens is 431 g/mol. The number of nitrogens with zero attached hydrogens (tertiary/aromatic N) is 2. The van der Waals surface area contributed by atoms with Crippen molar-refractivity contribution in [3.63, 3.8) is 0 Å². The van der Waals surface area contributed by atoms with Gasteiger partial charge in [0.05, 0.1) is 12.8 Å². The SMILES string of the molecule is CCNC(=NCC(C)(O)c1ccco1)NCCN1CCCCC1C.I. The lowest BCUT2D eigenvalue weighted by molar-refractivity contribution is 0.0437. The fraction of sp³-hybridized carbons (Fsp3) is 0.722. The van der Waals surface area contributed by atoms with Gasteiger partial charge in [0, 0.05) is 25.7 Å². The van der Waals surface area contributed by atoms with Crippen molar-refractivity contribution in [3.05, 3.63) is 24.2 Å². The molecule has 0 aromatic carbocycles. The van der Waals surface area contributed by atoms with E-state index >= 15 is 0 Å². The molecule has 1 aromatic heterocycles. The zero-order valence-corrected chi connectivity index (χ0v) is 18.0.